The fraction of sp³-hybridized carbons (Fsp3) is 0.375. The molecule has 0 atom stereocenters. The average molecular weight is 283 g/mol. The maximum absolute atomic E-state index is 12.3. The summed E-state index contributed by atoms with van der Waals surface area (Å²) in [6.07, 6.45) is 4.00. The summed E-state index contributed by atoms with van der Waals surface area (Å²) in [7, 11) is 0. The largest absolute Gasteiger partial charge is 0.493 e. The monoisotopic (exact) mass is 283 g/mol. The van der Waals surface area contributed by atoms with Gasteiger partial charge in [0.2, 0.25) is 0 Å². The molecule has 1 amide bonds. The third-order valence-electron chi connectivity index (χ3n) is 4.23. The molecule has 1 aliphatic heterocycles. The highest BCUT2D eigenvalue weighted by Gasteiger charge is 2.22. The zero-order chi connectivity index (χ0) is 14.2. The van der Waals surface area contributed by atoms with Gasteiger partial charge in [-0.3, -0.25) is 9.89 Å². The first-order valence-electron chi connectivity index (χ1n) is 7.40. The number of aromatic amines is 1. The van der Waals surface area contributed by atoms with Crippen molar-refractivity contribution >= 4 is 5.91 Å². The topological polar surface area (TPSA) is 67.0 Å². The van der Waals surface area contributed by atoms with Crippen molar-refractivity contribution < 1.29 is 9.53 Å². The Bertz CT molecular complexity index is 706. The third kappa shape index (κ3) is 2.18. The molecule has 1 aliphatic carbocycles. The highest BCUT2D eigenvalue weighted by atomic mass is 16.5. The average Bonchev–Trinajstić information content (AvgIpc) is 3.19. The van der Waals surface area contributed by atoms with E-state index in [1.54, 1.807) is 0 Å². The van der Waals surface area contributed by atoms with E-state index in [1.165, 1.54) is 5.56 Å². The Morgan fingerprint density at radius 2 is 2.29 bits per heavy atom. The van der Waals surface area contributed by atoms with Crippen LogP contribution in [0.4, 0.5) is 0 Å². The van der Waals surface area contributed by atoms with Crippen molar-refractivity contribution in [2.75, 3.05) is 6.61 Å². The Hall–Kier alpha value is -2.30. The zero-order valence-corrected chi connectivity index (χ0v) is 11.7. The van der Waals surface area contributed by atoms with Gasteiger partial charge in [0.15, 0.2) is 5.69 Å². The van der Waals surface area contributed by atoms with E-state index >= 15 is 0 Å². The number of ether oxygens (including phenoxy) is 1. The van der Waals surface area contributed by atoms with Crippen LogP contribution in [-0.2, 0) is 25.8 Å². The summed E-state index contributed by atoms with van der Waals surface area (Å²) in [5.74, 6) is 0.876. The molecule has 0 unspecified atom stereocenters. The standard InChI is InChI=1S/C16H17N3O2/c20-16(15-12-2-1-3-13(12)18-19-15)17-9-10-4-5-14-11(8-10)6-7-21-14/h4-5,8H,1-3,6-7,9H2,(H,17,20)(H,18,19). The Balaban J connectivity index is 1.45. The van der Waals surface area contributed by atoms with E-state index in [0.29, 0.717) is 12.2 Å². The summed E-state index contributed by atoms with van der Waals surface area (Å²) >= 11 is 0. The number of rotatable bonds is 3. The molecule has 0 bridgehead atoms. The molecule has 0 saturated heterocycles. The molecular formula is C16H17N3O2. The molecule has 4 rings (SSSR count). The van der Waals surface area contributed by atoms with Gasteiger partial charge in [0, 0.05) is 24.2 Å². The molecule has 1 aromatic heterocycles. The van der Waals surface area contributed by atoms with Crippen molar-refractivity contribution in [2.24, 2.45) is 0 Å². The van der Waals surface area contributed by atoms with Crippen LogP contribution in [0.3, 0.4) is 0 Å². The van der Waals surface area contributed by atoms with Crippen LogP contribution in [0.25, 0.3) is 0 Å². The third-order valence-corrected chi connectivity index (χ3v) is 4.23. The van der Waals surface area contributed by atoms with Gasteiger partial charge in [0.05, 0.1) is 6.61 Å². The Kier molecular flexibility index (Phi) is 2.91. The van der Waals surface area contributed by atoms with Gasteiger partial charge in [0.25, 0.3) is 5.91 Å². The van der Waals surface area contributed by atoms with E-state index in [4.69, 9.17) is 4.74 Å². The van der Waals surface area contributed by atoms with Gasteiger partial charge in [-0.25, -0.2) is 0 Å². The highest BCUT2D eigenvalue weighted by molar-refractivity contribution is 5.94. The predicted molar refractivity (Wildman–Crippen MR) is 77.4 cm³/mol. The molecule has 2 N–H and O–H groups in total. The van der Waals surface area contributed by atoms with E-state index in [0.717, 1.165) is 54.9 Å². The van der Waals surface area contributed by atoms with Crippen LogP contribution in [0.1, 0.15) is 39.3 Å². The summed E-state index contributed by atoms with van der Waals surface area (Å²) in [6, 6.07) is 6.09. The van der Waals surface area contributed by atoms with Crippen LogP contribution < -0.4 is 10.1 Å². The van der Waals surface area contributed by atoms with Gasteiger partial charge in [-0.1, -0.05) is 12.1 Å². The number of carbonyl (C=O) groups excluding carboxylic acids is 1. The van der Waals surface area contributed by atoms with Crippen LogP contribution in [0.5, 0.6) is 5.75 Å². The van der Waals surface area contributed by atoms with Crippen molar-refractivity contribution in [1.82, 2.24) is 15.5 Å². The number of nitrogens with one attached hydrogen (secondary N) is 2. The van der Waals surface area contributed by atoms with Gasteiger partial charge >= 0.3 is 0 Å². The number of aromatic nitrogens is 2. The van der Waals surface area contributed by atoms with Crippen LogP contribution in [0, 0.1) is 0 Å². The Morgan fingerprint density at radius 1 is 1.33 bits per heavy atom. The van der Waals surface area contributed by atoms with Gasteiger partial charge < -0.3 is 10.1 Å². The maximum Gasteiger partial charge on any atom is 0.272 e. The van der Waals surface area contributed by atoms with E-state index < -0.39 is 0 Å². The molecule has 2 aliphatic rings. The molecule has 2 heterocycles. The fourth-order valence-electron chi connectivity index (χ4n) is 3.12. The smallest absolute Gasteiger partial charge is 0.272 e. The zero-order valence-electron chi connectivity index (χ0n) is 11.7. The summed E-state index contributed by atoms with van der Waals surface area (Å²) in [6.45, 7) is 1.28. The lowest BCUT2D eigenvalue weighted by atomic mass is 10.1. The number of carbonyl (C=O) groups is 1. The number of hydrogen-bond acceptors (Lipinski definition) is 3. The fourth-order valence-corrected chi connectivity index (χ4v) is 3.12. The van der Waals surface area contributed by atoms with E-state index in [1.807, 2.05) is 12.1 Å². The van der Waals surface area contributed by atoms with Gasteiger partial charge in [-0.05, 0) is 36.5 Å². The quantitative estimate of drug-likeness (QED) is 0.902. The van der Waals surface area contributed by atoms with E-state index in [9.17, 15) is 4.79 Å². The number of hydrogen-bond donors (Lipinski definition) is 2. The van der Waals surface area contributed by atoms with Crippen molar-refractivity contribution in [3.05, 3.63) is 46.3 Å². The second kappa shape index (κ2) is 4.91. The van der Waals surface area contributed by atoms with Crippen LogP contribution in [-0.4, -0.2) is 22.7 Å². The van der Waals surface area contributed by atoms with Crippen molar-refractivity contribution in [2.45, 2.75) is 32.2 Å². The number of H-pyrrole nitrogens is 1. The molecule has 1 aromatic carbocycles. The van der Waals surface area contributed by atoms with E-state index in [-0.39, 0.29) is 5.91 Å². The number of benzene rings is 1. The number of fused-ring (bicyclic) bond motifs is 2. The summed E-state index contributed by atoms with van der Waals surface area (Å²) in [5.41, 5.74) is 5.10. The van der Waals surface area contributed by atoms with Crippen LogP contribution in [0.15, 0.2) is 18.2 Å². The minimum Gasteiger partial charge on any atom is -0.493 e. The van der Waals surface area contributed by atoms with Crippen LogP contribution >= 0.6 is 0 Å². The summed E-state index contributed by atoms with van der Waals surface area (Å²) in [5, 5.41) is 10.1. The molecule has 2 aromatic rings. The summed E-state index contributed by atoms with van der Waals surface area (Å²) < 4.78 is 5.49. The first kappa shape index (κ1) is 12.4. The second-order valence-electron chi connectivity index (χ2n) is 5.61. The van der Waals surface area contributed by atoms with Crippen molar-refractivity contribution in [3.63, 3.8) is 0 Å². The molecule has 21 heavy (non-hydrogen) atoms. The lowest BCUT2D eigenvalue weighted by molar-refractivity contribution is 0.0945. The van der Waals surface area contributed by atoms with Gasteiger partial charge in [-0.15, -0.1) is 0 Å². The van der Waals surface area contributed by atoms with Crippen molar-refractivity contribution in [3.8, 4) is 5.75 Å². The lowest BCUT2D eigenvalue weighted by Crippen LogP contribution is -2.24. The molecular weight excluding hydrogens is 266 g/mol. The first-order chi connectivity index (χ1) is 10.3. The summed E-state index contributed by atoms with van der Waals surface area (Å²) in [4.78, 5) is 12.3. The van der Waals surface area contributed by atoms with Crippen LogP contribution in [0.2, 0.25) is 0 Å². The SMILES string of the molecule is O=C(NCc1ccc2c(c1)CCO2)c1n[nH]c2c1CCC2. The Labute approximate surface area is 122 Å². The van der Waals surface area contributed by atoms with Gasteiger partial charge in [-0.2, -0.15) is 5.10 Å². The normalized spacial score (nSPS) is 15.4. The number of nitrogens with zero attached hydrogens (tertiary/aromatic N) is 1. The first-order valence-corrected chi connectivity index (χ1v) is 7.40. The molecule has 0 radical (unpaired) electrons. The predicted octanol–water partition coefficient (Wildman–Crippen LogP) is 1.76. The van der Waals surface area contributed by atoms with Crippen molar-refractivity contribution in [1.29, 1.82) is 0 Å². The second-order valence-corrected chi connectivity index (χ2v) is 5.61. The minimum absolute atomic E-state index is 0.0915. The molecule has 108 valence electrons. The molecule has 5 nitrogen and oxygen atoms in total. The van der Waals surface area contributed by atoms with E-state index in [2.05, 4.69) is 21.6 Å². The molecule has 0 fully saturated rings. The highest BCUT2D eigenvalue weighted by Crippen LogP contribution is 2.26. The molecule has 5 heteroatoms. The van der Waals surface area contributed by atoms with Gasteiger partial charge in [0.1, 0.15) is 5.75 Å². The molecule has 0 spiro atoms. The Morgan fingerprint density at radius 3 is 3.24 bits per heavy atom. The number of aryl methyl sites for hydroxylation is 1. The maximum atomic E-state index is 12.3. The number of amides is 1. The minimum atomic E-state index is -0.0915. The molecule has 0 saturated carbocycles. The lowest BCUT2D eigenvalue weighted by Gasteiger charge is -2.06.